The fourth-order valence-electron chi connectivity index (χ4n) is 9.91. The first-order chi connectivity index (χ1) is 35.8. The zero-order valence-electron chi connectivity index (χ0n) is 47.6. The molecule has 7 atom stereocenters. The Kier molecular flexibility index (Phi) is 50.7. The van der Waals surface area contributed by atoms with Crippen LogP contribution < -0.4 is 5.32 Å². The molecule has 1 fully saturated rings. The number of aliphatic hydroxyl groups is 5. The third-order valence-corrected chi connectivity index (χ3v) is 14.9. The molecule has 0 radical (unpaired) electrons. The van der Waals surface area contributed by atoms with Gasteiger partial charge < -0.3 is 40.3 Å². The fourth-order valence-corrected chi connectivity index (χ4v) is 9.91. The van der Waals surface area contributed by atoms with E-state index in [1.165, 1.54) is 218 Å². The lowest BCUT2D eigenvalue weighted by Crippen LogP contribution is -2.60. The first-order valence-electron chi connectivity index (χ1n) is 31.4. The van der Waals surface area contributed by atoms with Crippen LogP contribution in [0, 0.1) is 0 Å². The molecule has 0 aliphatic carbocycles. The van der Waals surface area contributed by atoms with Gasteiger partial charge in [0, 0.05) is 6.42 Å². The number of hydrogen-bond acceptors (Lipinski definition) is 8. The van der Waals surface area contributed by atoms with Gasteiger partial charge in [0.15, 0.2) is 6.29 Å². The molecule has 0 spiro atoms. The number of allylic oxidation sites excluding steroid dienone is 7. The van der Waals surface area contributed by atoms with Gasteiger partial charge in [-0.2, -0.15) is 0 Å². The van der Waals surface area contributed by atoms with Crippen molar-refractivity contribution in [3.63, 3.8) is 0 Å². The molecule has 0 saturated carbocycles. The van der Waals surface area contributed by atoms with Crippen molar-refractivity contribution in [2.24, 2.45) is 0 Å². The molecular weight excluding hydrogens is 911 g/mol. The molecule has 1 amide bonds. The van der Waals surface area contributed by atoms with Gasteiger partial charge in [0.1, 0.15) is 24.4 Å². The molecule has 1 rings (SSSR count). The number of carbonyl (C=O) groups excluding carboxylic acids is 1. The molecule has 9 nitrogen and oxygen atoms in total. The Balaban J connectivity index is 2.18. The van der Waals surface area contributed by atoms with E-state index in [1.54, 1.807) is 6.08 Å². The molecule has 1 aliphatic rings. The minimum atomic E-state index is -1.58. The van der Waals surface area contributed by atoms with E-state index in [9.17, 15) is 30.3 Å². The summed E-state index contributed by atoms with van der Waals surface area (Å²) in [5.41, 5.74) is 0. The Hall–Kier alpha value is -1.85. The monoisotopic (exact) mass is 1030 g/mol. The maximum absolute atomic E-state index is 13.0. The molecule has 6 N–H and O–H groups in total. The third kappa shape index (κ3) is 42.9. The number of hydrogen-bond donors (Lipinski definition) is 6. The number of ether oxygens (including phenoxy) is 2. The molecule has 1 saturated heterocycles. The van der Waals surface area contributed by atoms with Gasteiger partial charge >= 0.3 is 0 Å². The van der Waals surface area contributed by atoms with E-state index in [1.807, 2.05) is 6.08 Å². The second-order valence-electron chi connectivity index (χ2n) is 21.8. The topological polar surface area (TPSA) is 149 Å². The highest BCUT2D eigenvalue weighted by atomic mass is 16.7. The number of carbonyl (C=O) groups is 1. The molecular formula is C64H119NO8. The van der Waals surface area contributed by atoms with Crippen molar-refractivity contribution in [1.29, 1.82) is 0 Å². The third-order valence-electron chi connectivity index (χ3n) is 14.9. The lowest BCUT2D eigenvalue weighted by atomic mass is 9.99. The van der Waals surface area contributed by atoms with Gasteiger partial charge in [-0.3, -0.25) is 4.79 Å². The van der Waals surface area contributed by atoms with Gasteiger partial charge in [0.2, 0.25) is 5.91 Å². The molecule has 1 heterocycles. The normalized spacial score (nSPS) is 19.4. The predicted molar refractivity (Wildman–Crippen MR) is 309 cm³/mol. The SMILES string of the molecule is CCCCCC/C=C\C/C=C\CCCCCCCCCC(=O)NC(COC1OC(CO)C(O)C(O)C1O)C(O)/C=C/CC/C=C/CCCCCCCCCCCCCCCCCCCCCCCCCCCC. The highest BCUT2D eigenvalue weighted by Gasteiger charge is 2.44. The van der Waals surface area contributed by atoms with E-state index >= 15 is 0 Å². The summed E-state index contributed by atoms with van der Waals surface area (Å²) in [6, 6.07) is -0.828. The second-order valence-corrected chi connectivity index (χ2v) is 21.8. The molecule has 1 aliphatic heterocycles. The van der Waals surface area contributed by atoms with Gasteiger partial charge in [-0.25, -0.2) is 0 Å². The van der Waals surface area contributed by atoms with Gasteiger partial charge in [-0.05, 0) is 64.2 Å². The minimum absolute atomic E-state index is 0.193. The molecule has 0 bridgehead atoms. The van der Waals surface area contributed by atoms with Gasteiger partial charge in [-0.1, -0.05) is 274 Å². The van der Waals surface area contributed by atoms with Crippen LogP contribution in [0.1, 0.15) is 296 Å². The summed E-state index contributed by atoms with van der Waals surface area (Å²) < 4.78 is 11.3. The van der Waals surface area contributed by atoms with Crippen molar-refractivity contribution in [2.75, 3.05) is 13.2 Å². The maximum Gasteiger partial charge on any atom is 0.220 e. The van der Waals surface area contributed by atoms with E-state index in [-0.39, 0.29) is 12.5 Å². The largest absolute Gasteiger partial charge is 0.394 e. The van der Waals surface area contributed by atoms with Crippen molar-refractivity contribution in [2.45, 2.75) is 339 Å². The van der Waals surface area contributed by atoms with Crippen LogP contribution in [0.3, 0.4) is 0 Å². The zero-order valence-corrected chi connectivity index (χ0v) is 47.6. The number of aliphatic hydroxyl groups excluding tert-OH is 5. The molecule has 7 unspecified atom stereocenters. The highest BCUT2D eigenvalue weighted by molar-refractivity contribution is 5.76. The minimum Gasteiger partial charge on any atom is -0.394 e. The van der Waals surface area contributed by atoms with Crippen LogP contribution in [0.15, 0.2) is 48.6 Å². The summed E-state index contributed by atoms with van der Waals surface area (Å²) in [6.45, 7) is 3.77. The highest BCUT2D eigenvalue weighted by Crippen LogP contribution is 2.23. The van der Waals surface area contributed by atoms with Crippen molar-refractivity contribution in [3.8, 4) is 0 Å². The summed E-state index contributed by atoms with van der Waals surface area (Å²) in [5.74, 6) is -0.193. The first-order valence-corrected chi connectivity index (χ1v) is 31.4. The van der Waals surface area contributed by atoms with E-state index in [0.717, 1.165) is 57.8 Å². The van der Waals surface area contributed by atoms with Crippen LogP contribution in [0.4, 0.5) is 0 Å². The van der Waals surface area contributed by atoms with Gasteiger partial charge in [0.05, 0.1) is 25.4 Å². The van der Waals surface area contributed by atoms with Crippen molar-refractivity contribution in [1.82, 2.24) is 5.32 Å². The Morgan fingerprint density at radius 3 is 1.25 bits per heavy atom. The van der Waals surface area contributed by atoms with Crippen LogP contribution in [0.25, 0.3) is 0 Å². The van der Waals surface area contributed by atoms with Crippen molar-refractivity contribution in [3.05, 3.63) is 48.6 Å². The Labute approximate surface area is 450 Å². The van der Waals surface area contributed by atoms with E-state index in [4.69, 9.17) is 9.47 Å². The van der Waals surface area contributed by atoms with Crippen LogP contribution in [0.5, 0.6) is 0 Å². The summed E-state index contributed by atoms with van der Waals surface area (Å²) in [4.78, 5) is 13.0. The average Bonchev–Trinajstić information content (AvgIpc) is 3.39. The predicted octanol–water partition coefficient (Wildman–Crippen LogP) is 16.1. The average molecular weight is 1030 g/mol. The molecule has 0 aromatic carbocycles. The number of amides is 1. The maximum atomic E-state index is 13.0. The number of unbranched alkanes of at least 4 members (excludes halogenated alkanes) is 38. The van der Waals surface area contributed by atoms with Crippen LogP contribution in [-0.2, 0) is 14.3 Å². The Morgan fingerprint density at radius 1 is 0.466 bits per heavy atom. The molecule has 73 heavy (non-hydrogen) atoms. The van der Waals surface area contributed by atoms with Crippen molar-refractivity contribution >= 4 is 5.91 Å². The lowest BCUT2D eigenvalue weighted by Gasteiger charge is -2.40. The van der Waals surface area contributed by atoms with Gasteiger partial charge in [0.25, 0.3) is 0 Å². The summed E-state index contributed by atoms with van der Waals surface area (Å²) in [6.07, 6.45) is 64.9. The molecule has 0 aromatic heterocycles. The number of rotatable bonds is 54. The van der Waals surface area contributed by atoms with Crippen molar-refractivity contribution < 1.29 is 39.8 Å². The van der Waals surface area contributed by atoms with Gasteiger partial charge in [-0.15, -0.1) is 0 Å². The van der Waals surface area contributed by atoms with E-state index in [0.29, 0.717) is 6.42 Å². The second kappa shape index (κ2) is 53.5. The standard InChI is InChI=1S/C64H119NO8/c1-3-5-7-9-11-13-15-17-19-21-23-24-25-26-27-28-29-30-31-32-33-34-35-36-37-39-41-43-45-47-49-51-53-58(67)57(56-72-64-63(71)62(70)61(69)59(55-66)73-64)65-60(68)54-52-50-48-46-44-42-40-38-22-20-18-16-14-12-10-8-6-4-2/h14,16,20,22,43,45,51,53,57-59,61-64,66-67,69-71H,3-13,15,17-19,21,23-42,44,46-50,52,54-56H2,1-2H3,(H,65,68)/b16-14-,22-20-,45-43+,53-51+. The van der Waals surface area contributed by atoms with Crippen LogP contribution in [0.2, 0.25) is 0 Å². The van der Waals surface area contributed by atoms with Crippen LogP contribution >= 0.6 is 0 Å². The smallest absolute Gasteiger partial charge is 0.220 e. The Morgan fingerprint density at radius 2 is 0.822 bits per heavy atom. The van der Waals surface area contributed by atoms with E-state index in [2.05, 4.69) is 55.6 Å². The summed E-state index contributed by atoms with van der Waals surface area (Å²) in [7, 11) is 0. The summed E-state index contributed by atoms with van der Waals surface area (Å²) in [5, 5.41) is 54.5. The molecule has 0 aromatic rings. The summed E-state index contributed by atoms with van der Waals surface area (Å²) >= 11 is 0. The molecule has 9 heteroatoms. The van der Waals surface area contributed by atoms with E-state index < -0.39 is 49.5 Å². The first kappa shape index (κ1) is 69.2. The Bertz CT molecular complexity index is 1290. The zero-order chi connectivity index (χ0) is 52.9. The quantitative estimate of drug-likeness (QED) is 0.0261. The lowest BCUT2D eigenvalue weighted by molar-refractivity contribution is -0.302. The fraction of sp³-hybridized carbons (Fsp3) is 0.859. The van der Waals surface area contributed by atoms with Crippen LogP contribution in [-0.4, -0.2) is 87.5 Å². The molecule has 428 valence electrons. The number of nitrogens with one attached hydrogen (secondary N) is 1.